The number of hydrogen-bond acceptors (Lipinski definition) is 5. The van der Waals surface area contributed by atoms with Crippen molar-refractivity contribution < 1.29 is 8.42 Å². The zero-order chi connectivity index (χ0) is 17.6. The van der Waals surface area contributed by atoms with Crippen LogP contribution in [0, 0.1) is 5.92 Å². The first-order valence-electron chi connectivity index (χ1n) is 9.09. The van der Waals surface area contributed by atoms with E-state index >= 15 is 0 Å². The van der Waals surface area contributed by atoms with E-state index in [0.29, 0.717) is 44.3 Å². The Morgan fingerprint density at radius 2 is 1.85 bits per heavy atom. The second kappa shape index (κ2) is 8.80. The lowest BCUT2D eigenvalue weighted by Gasteiger charge is -2.38. The SMILES string of the molecule is Cl.Cl.NS(=O)(=O)C1CCN(Cc2ccc3n(c2=O)C[C@@H]2CNC[C@H]3C2)CC1. The van der Waals surface area contributed by atoms with E-state index in [9.17, 15) is 13.2 Å². The molecule has 2 saturated heterocycles. The molecule has 0 saturated carbocycles. The Kier molecular flexibility index (Phi) is 7.38. The summed E-state index contributed by atoms with van der Waals surface area (Å²) in [5.74, 6) is 0.990. The number of nitrogens with one attached hydrogen (secondary N) is 1. The van der Waals surface area contributed by atoms with Crippen LogP contribution in [0.2, 0.25) is 0 Å². The van der Waals surface area contributed by atoms with Crippen LogP contribution in [0.1, 0.15) is 36.4 Å². The highest BCUT2D eigenvalue weighted by atomic mass is 35.5. The smallest absolute Gasteiger partial charge is 0.255 e. The van der Waals surface area contributed by atoms with E-state index in [4.69, 9.17) is 5.14 Å². The van der Waals surface area contributed by atoms with E-state index in [1.807, 2.05) is 10.6 Å². The number of aromatic nitrogens is 1. The summed E-state index contributed by atoms with van der Waals surface area (Å²) in [6, 6.07) is 4.08. The maximum absolute atomic E-state index is 12.9. The van der Waals surface area contributed by atoms with Crippen molar-refractivity contribution in [1.82, 2.24) is 14.8 Å². The van der Waals surface area contributed by atoms with Crippen LogP contribution in [-0.4, -0.2) is 49.3 Å². The van der Waals surface area contributed by atoms with Crippen molar-refractivity contribution in [2.75, 3.05) is 26.2 Å². The maximum atomic E-state index is 12.9. The molecule has 0 amide bonds. The topological polar surface area (TPSA) is 97.4 Å². The third kappa shape index (κ3) is 4.68. The first-order valence-corrected chi connectivity index (χ1v) is 10.7. The third-order valence-electron chi connectivity index (χ3n) is 5.98. The van der Waals surface area contributed by atoms with E-state index in [1.165, 1.54) is 6.42 Å². The van der Waals surface area contributed by atoms with Gasteiger partial charge in [0.1, 0.15) is 0 Å². The van der Waals surface area contributed by atoms with Crippen LogP contribution >= 0.6 is 24.8 Å². The van der Waals surface area contributed by atoms with Gasteiger partial charge in [0.05, 0.1) is 5.25 Å². The molecule has 7 nitrogen and oxygen atoms in total. The molecule has 10 heteroatoms. The van der Waals surface area contributed by atoms with Crippen LogP contribution < -0.4 is 16.0 Å². The minimum atomic E-state index is -3.45. The van der Waals surface area contributed by atoms with E-state index in [1.54, 1.807) is 0 Å². The largest absolute Gasteiger partial charge is 0.316 e. The first-order chi connectivity index (χ1) is 11.9. The van der Waals surface area contributed by atoms with E-state index in [-0.39, 0.29) is 30.4 Å². The van der Waals surface area contributed by atoms with Gasteiger partial charge in [0, 0.05) is 36.8 Å². The fourth-order valence-electron chi connectivity index (χ4n) is 4.59. The molecule has 154 valence electrons. The van der Waals surface area contributed by atoms with Gasteiger partial charge in [-0.15, -0.1) is 24.8 Å². The lowest BCUT2D eigenvalue weighted by atomic mass is 9.84. The molecule has 0 aromatic carbocycles. The van der Waals surface area contributed by atoms with Gasteiger partial charge in [-0.2, -0.15) is 0 Å². The number of piperidine rings is 2. The highest BCUT2D eigenvalue weighted by Crippen LogP contribution is 2.31. The molecule has 0 unspecified atom stereocenters. The number of halogens is 2. The summed E-state index contributed by atoms with van der Waals surface area (Å²) < 4.78 is 24.9. The van der Waals surface area contributed by atoms with E-state index in [0.717, 1.165) is 30.9 Å². The van der Waals surface area contributed by atoms with Gasteiger partial charge < -0.3 is 9.88 Å². The number of nitrogens with zero attached hydrogens (tertiary/aromatic N) is 2. The van der Waals surface area contributed by atoms with Crippen molar-refractivity contribution in [3.63, 3.8) is 0 Å². The number of rotatable bonds is 3. The molecule has 0 radical (unpaired) electrons. The Bertz CT molecular complexity index is 822. The predicted molar refractivity (Wildman–Crippen MR) is 110 cm³/mol. The monoisotopic (exact) mass is 438 g/mol. The maximum Gasteiger partial charge on any atom is 0.255 e. The molecule has 3 aliphatic rings. The molecular formula is C17H28Cl2N4O3S. The molecular weight excluding hydrogens is 411 g/mol. The highest BCUT2D eigenvalue weighted by molar-refractivity contribution is 7.89. The Morgan fingerprint density at radius 3 is 2.52 bits per heavy atom. The summed E-state index contributed by atoms with van der Waals surface area (Å²) in [7, 11) is -3.45. The molecule has 27 heavy (non-hydrogen) atoms. The van der Waals surface area contributed by atoms with Gasteiger partial charge in [0.2, 0.25) is 10.0 Å². The predicted octanol–water partition coefficient (Wildman–Crippen LogP) is 0.652. The minimum absolute atomic E-state index is 0. The summed E-state index contributed by atoms with van der Waals surface area (Å²) in [5, 5.41) is 8.27. The average molecular weight is 439 g/mol. The molecule has 0 aliphatic carbocycles. The van der Waals surface area contributed by atoms with Gasteiger partial charge in [-0.25, -0.2) is 13.6 Å². The summed E-state index contributed by atoms with van der Waals surface area (Å²) in [6.45, 7) is 4.67. The fraction of sp³-hybridized carbons (Fsp3) is 0.706. The number of hydrogen-bond donors (Lipinski definition) is 2. The quantitative estimate of drug-likeness (QED) is 0.721. The molecule has 4 rings (SSSR count). The lowest BCUT2D eigenvalue weighted by molar-refractivity contribution is 0.218. The highest BCUT2D eigenvalue weighted by Gasteiger charge is 2.32. The summed E-state index contributed by atoms with van der Waals surface area (Å²) in [5.41, 5.74) is 2.10. The van der Waals surface area contributed by atoms with E-state index < -0.39 is 15.3 Å². The Morgan fingerprint density at radius 1 is 1.15 bits per heavy atom. The van der Waals surface area contributed by atoms with Gasteiger partial charge in [-0.1, -0.05) is 6.07 Å². The van der Waals surface area contributed by atoms with Gasteiger partial charge in [-0.05, 0) is 50.9 Å². The average Bonchev–Trinajstić information content (AvgIpc) is 2.58. The van der Waals surface area contributed by atoms with Gasteiger partial charge in [-0.3, -0.25) is 9.69 Å². The Balaban J connectivity index is 0.00000131. The molecule has 2 atom stereocenters. The molecule has 3 N–H and O–H groups in total. The van der Waals surface area contributed by atoms with Crippen LogP contribution in [-0.2, 0) is 23.1 Å². The molecule has 4 heterocycles. The van der Waals surface area contributed by atoms with Gasteiger partial charge in [0.15, 0.2) is 0 Å². The molecule has 0 spiro atoms. The Hall–Kier alpha value is -0.640. The molecule has 3 aliphatic heterocycles. The number of nitrogens with two attached hydrogens (primary N) is 1. The second-order valence-electron chi connectivity index (χ2n) is 7.72. The van der Waals surface area contributed by atoms with Crippen LogP contribution in [0.15, 0.2) is 16.9 Å². The summed E-state index contributed by atoms with van der Waals surface area (Å²) in [6.07, 6.45) is 2.26. The fourth-order valence-corrected chi connectivity index (χ4v) is 5.46. The van der Waals surface area contributed by atoms with Crippen molar-refractivity contribution in [3.05, 3.63) is 33.7 Å². The normalized spacial score (nSPS) is 25.8. The standard InChI is InChI=1S/C17H26N4O3S.2ClH/c18-25(23,24)15-3-5-20(6-4-15)11-13-1-2-16-14-7-12(8-19-9-14)10-21(16)17(13)22;;/h1-2,12,14-15,19H,3-11H2,(H2,18,23,24);2*1H/t12-,14+;;/m0../s1. The second-order valence-corrected chi connectivity index (χ2v) is 9.57. The molecule has 1 aromatic rings. The molecule has 2 bridgehead atoms. The summed E-state index contributed by atoms with van der Waals surface area (Å²) >= 11 is 0. The van der Waals surface area contributed by atoms with Gasteiger partial charge in [0.25, 0.3) is 5.56 Å². The zero-order valence-corrected chi connectivity index (χ0v) is 17.6. The number of fused-ring (bicyclic) bond motifs is 4. The van der Waals surface area contributed by atoms with Crippen LogP contribution in [0.25, 0.3) is 0 Å². The van der Waals surface area contributed by atoms with Crippen LogP contribution in [0.3, 0.4) is 0 Å². The zero-order valence-electron chi connectivity index (χ0n) is 15.2. The number of primary sulfonamides is 1. The van der Waals surface area contributed by atoms with Crippen LogP contribution in [0.4, 0.5) is 0 Å². The van der Waals surface area contributed by atoms with Crippen molar-refractivity contribution in [2.24, 2.45) is 11.1 Å². The van der Waals surface area contributed by atoms with Crippen LogP contribution in [0.5, 0.6) is 0 Å². The minimum Gasteiger partial charge on any atom is -0.316 e. The molecule has 1 aromatic heterocycles. The van der Waals surface area contributed by atoms with Crippen molar-refractivity contribution in [3.8, 4) is 0 Å². The number of sulfonamides is 1. The third-order valence-corrected chi connectivity index (χ3v) is 7.38. The Labute approximate surface area is 172 Å². The number of likely N-dealkylation sites (tertiary alicyclic amines) is 1. The van der Waals surface area contributed by atoms with Crippen molar-refractivity contribution >= 4 is 34.8 Å². The van der Waals surface area contributed by atoms with Crippen molar-refractivity contribution in [1.29, 1.82) is 0 Å². The van der Waals surface area contributed by atoms with Gasteiger partial charge >= 0.3 is 0 Å². The lowest BCUT2D eigenvalue weighted by Crippen LogP contribution is -2.46. The summed E-state index contributed by atoms with van der Waals surface area (Å²) in [4.78, 5) is 15.1. The van der Waals surface area contributed by atoms with E-state index in [2.05, 4.69) is 16.3 Å². The first kappa shape index (κ1) is 22.6. The molecule has 2 fully saturated rings. The number of pyridine rings is 1. The van der Waals surface area contributed by atoms with Crippen molar-refractivity contribution in [2.45, 2.75) is 43.5 Å².